The van der Waals surface area contributed by atoms with E-state index in [1.165, 1.54) is 5.39 Å². The Balaban J connectivity index is 2.10. The highest BCUT2D eigenvalue weighted by atomic mass is 16.5. The van der Waals surface area contributed by atoms with E-state index in [0.717, 1.165) is 11.1 Å². The van der Waals surface area contributed by atoms with Crippen LogP contribution >= 0.6 is 0 Å². The van der Waals surface area contributed by atoms with Crippen molar-refractivity contribution in [3.05, 3.63) is 42.5 Å². The van der Waals surface area contributed by atoms with Gasteiger partial charge in [0, 0.05) is 6.42 Å². The van der Waals surface area contributed by atoms with Crippen molar-refractivity contribution in [2.45, 2.75) is 13.3 Å². The number of hydrogen-bond acceptors (Lipinski definition) is 2. The molecule has 2 aromatic rings. The zero-order valence-electron chi connectivity index (χ0n) is 9.27. The molecule has 0 saturated carbocycles. The standard InChI is InChI=1S/C14H14O2/c1-11(15)8-9-16-14-7-6-12-4-2-3-5-13(12)10-14/h2-7,10H,8-9H2,1H3. The third-order valence-electron chi connectivity index (χ3n) is 2.44. The van der Waals surface area contributed by atoms with Gasteiger partial charge in [-0.2, -0.15) is 0 Å². The molecule has 0 heterocycles. The van der Waals surface area contributed by atoms with Crippen molar-refractivity contribution in [2.75, 3.05) is 6.61 Å². The lowest BCUT2D eigenvalue weighted by Gasteiger charge is -2.05. The fourth-order valence-corrected chi connectivity index (χ4v) is 1.57. The van der Waals surface area contributed by atoms with Crippen molar-refractivity contribution in [3.63, 3.8) is 0 Å². The van der Waals surface area contributed by atoms with Gasteiger partial charge in [-0.25, -0.2) is 0 Å². The molecule has 0 N–H and O–H groups in total. The topological polar surface area (TPSA) is 26.3 Å². The van der Waals surface area contributed by atoms with Crippen LogP contribution in [0, 0.1) is 0 Å². The van der Waals surface area contributed by atoms with E-state index in [1.807, 2.05) is 36.4 Å². The highest BCUT2D eigenvalue weighted by Crippen LogP contribution is 2.20. The number of hydrogen-bond donors (Lipinski definition) is 0. The van der Waals surface area contributed by atoms with Crippen LogP contribution in [0.3, 0.4) is 0 Å². The van der Waals surface area contributed by atoms with E-state index in [2.05, 4.69) is 6.07 Å². The van der Waals surface area contributed by atoms with Crippen LogP contribution in [0.15, 0.2) is 42.5 Å². The highest BCUT2D eigenvalue weighted by Gasteiger charge is 1.98. The van der Waals surface area contributed by atoms with E-state index in [4.69, 9.17) is 4.74 Å². The van der Waals surface area contributed by atoms with E-state index in [-0.39, 0.29) is 5.78 Å². The molecule has 0 spiro atoms. The number of carbonyl (C=O) groups is 1. The molecule has 0 aromatic heterocycles. The Morgan fingerprint density at radius 2 is 1.88 bits per heavy atom. The first kappa shape index (κ1) is 10.7. The first-order chi connectivity index (χ1) is 7.75. The summed E-state index contributed by atoms with van der Waals surface area (Å²) in [5.41, 5.74) is 0. The number of ketones is 1. The Labute approximate surface area is 94.8 Å². The molecule has 16 heavy (non-hydrogen) atoms. The maximum atomic E-state index is 10.8. The number of Topliss-reactive ketones (excluding diaryl/α,β-unsaturated/α-hetero) is 1. The van der Waals surface area contributed by atoms with E-state index >= 15 is 0 Å². The smallest absolute Gasteiger partial charge is 0.133 e. The minimum atomic E-state index is 0.154. The Morgan fingerprint density at radius 3 is 2.62 bits per heavy atom. The molecule has 2 aromatic carbocycles. The lowest BCUT2D eigenvalue weighted by Crippen LogP contribution is -2.02. The zero-order chi connectivity index (χ0) is 11.4. The fraction of sp³-hybridized carbons (Fsp3) is 0.214. The molecule has 0 unspecified atom stereocenters. The van der Waals surface area contributed by atoms with E-state index in [1.54, 1.807) is 6.92 Å². The van der Waals surface area contributed by atoms with Gasteiger partial charge in [-0.1, -0.05) is 30.3 Å². The SMILES string of the molecule is CC(=O)CCOc1ccc2ccccc2c1. The Bertz CT molecular complexity index is 503. The van der Waals surface area contributed by atoms with Crippen molar-refractivity contribution in [1.82, 2.24) is 0 Å². The molecule has 0 atom stereocenters. The minimum absolute atomic E-state index is 0.154. The summed E-state index contributed by atoms with van der Waals surface area (Å²) < 4.78 is 5.50. The van der Waals surface area contributed by atoms with Crippen molar-refractivity contribution in [2.24, 2.45) is 0 Å². The predicted octanol–water partition coefficient (Wildman–Crippen LogP) is 3.20. The fourth-order valence-electron chi connectivity index (χ4n) is 1.57. The number of benzene rings is 2. The third kappa shape index (κ3) is 2.60. The minimum Gasteiger partial charge on any atom is -0.493 e. The van der Waals surface area contributed by atoms with Gasteiger partial charge in [-0.05, 0) is 29.8 Å². The molecule has 2 rings (SSSR count). The lowest BCUT2D eigenvalue weighted by atomic mass is 10.1. The number of fused-ring (bicyclic) bond motifs is 1. The van der Waals surface area contributed by atoms with Crippen LogP contribution in [-0.4, -0.2) is 12.4 Å². The first-order valence-electron chi connectivity index (χ1n) is 5.37. The number of ether oxygens (including phenoxy) is 1. The van der Waals surface area contributed by atoms with Crippen LogP contribution < -0.4 is 4.74 Å². The molecule has 0 saturated heterocycles. The first-order valence-corrected chi connectivity index (χ1v) is 5.37. The van der Waals surface area contributed by atoms with Gasteiger partial charge in [0.05, 0.1) is 6.61 Å². The molecule has 2 heteroatoms. The van der Waals surface area contributed by atoms with Crippen molar-refractivity contribution < 1.29 is 9.53 Å². The van der Waals surface area contributed by atoms with Gasteiger partial charge in [0.2, 0.25) is 0 Å². The summed E-state index contributed by atoms with van der Waals surface area (Å²) in [4.78, 5) is 10.8. The molecule has 0 aliphatic heterocycles. The molecule has 0 amide bonds. The second kappa shape index (κ2) is 4.79. The van der Waals surface area contributed by atoms with Crippen LogP contribution in [0.4, 0.5) is 0 Å². The summed E-state index contributed by atoms with van der Waals surface area (Å²) in [6, 6.07) is 14.1. The summed E-state index contributed by atoms with van der Waals surface area (Å²) in [5.74, 6) is 0.973. The van der Waals surface area contributed by atoms with E-state index < -0.39 is 0 Å². The molecule has 0 fully saturated rings. The summed E-state index contributed by atoms with van der Waals surface area (Å²) in [7, 11) is 0. The summed E-state index contributed by atoms with van der Waals surface area (Å²) in [6.45, 7) is 2.03. The Kier molecular flexibility index (Phi) is 3.20. The molecular formula is C14H14O2. The van der Waals surface area contributed by atoms with Gasteiger partial charge in [-0.15, -0.1) is 0 Å². The summed E-state index contributed by atoms with van der Waals surface area (Å²) in [5, 5.41) is 2.35. The van der Waals surface area contributed by atoms with Crippen LogP contribution in [0.25, 0.3) is 10.8 Å². The predicted molar refractivity (Wildman–Crippen MR) is 64.7 cm³/mol. The molecule has 0 aliphatic carbocycles. The molecule has 0 radical (unpaired) electrons. The van der Waals surface area contributed by atoms with Gasteiger partial charge in [0.15, 0.2) is 0 Å². The molecule has 82 valence electrons. The van der Waals surface area contributed by atoms with Gasteiger partial charge in [0.1, 0.15) is 11.5 Å². The van der Waals surface area contributed by atoms with E-state index in [9.17, 15) is 4.79 Å². The quantitative estimate of drug-likeness (QED) is 0.781. The van der Waals surface area contributed by atoms with Crippen LogP contribution in [0.5, 0.6) is 5.75 Å². The van der Waals surface area contributed by atoms with E-state index in [0.29, 0.717) is 13.0 Å². The highest BCUT2D eigenvalue weighted by molar-refractivity contribution is 5.83. The Hall–Kier alpha value is -1.83. The average molecular weight is 214 g/mol. The zero-order valence-corrected chi connectivity index (χ0v) is 9.27. The van der Waals surface area contributed by atoms with Gasteiger partial charge in [0.25, 0.3) is 0 Å². The van der Waals surface area contributed by atoms with Crippen LogP contribution in [0.2, 0.25) is 0 Å². The molecule has 2 nitrogen and oxygen atoms in total. The maximum absolute atomic E-state index is 10.8. The molecule has 0 bridgehead atoms. The largest absolute Gasteiger partial charge is 0.493 e. The lowest BCUT2D eigenvalue weighted by molar-refractivity contribution is -0.117. The van der Waals surface area contributed by atoms with Gasteiger partial charge < -0.3 is 4.74 Å². The second-order valence-corrected chi connectivity index (χ2v) is 3.81. The van der Waals surface area contributed by atoms with Crippen molar-refractivity contribution in [3.8, 4) is 5.75 Å². The second-order valence-electron chi connectivity index (χ2n) is 3.81. The third-order valence-corrected chi connectivity index (χ3v) is 2.44. The Morgan fingerprint density at radius 1 is 1.12 bits per heavy atom. The average Bonchev–Trinajstić information content (AvgIpc) is 2.28. The summed E-state index contributed by atoms with van der Waals surface area (Å²) in [6.07, 6.45) is 0.465. The molecule has 0 aliphatic rings. The van der Waals surface area contributed by atoms with Crippen molar-refractivity contribution >= 4 is 16.6 Å². The van der Waals surface area contributed by atoms with Crippen molar-refractivity contribution in [1.29, 1.82) is 0 Å². The monoisotopic (exact) mass is 214 g/mol. The van der Waals surface area contributed by atoms with Crippen LogP contribution in [-0.2, 0) is 4.79 Å². The van der Waals surface area contributed by atoms with Gasteiger partial charge >= 0.3 is 0 Å². The number of rotatable bonds is 4. The van der Waals surface area contributed by atoms with Crippen LogP contribution in [0.1, 0.15) is 13.3 Å². The number of carbonyl (C=O) groups excluding carboxylic acids is 1. The normalized spacial score (nSPS) is 10.3. The maximum Gasteiger partial charge on any atom is 0.133 e. The molecular weight excluding hydrogens is 200 g/mol. The van der Waals surface area contributed by atoms with Gasteiger partial charge in [-0.3, -0.25) is 4.79 Å². The summed E-state index contributed by atoms with van der Waals surface area (Å²) >= 11 is 0.